The highest BCUT2D eigenvalue weighted by molar-refractivity contribution is 5.94. The van der Waals surface area contributed by atoms with Crippen LogP contribution in [0.1, 0.15) is 5.69 Å². The molecule has 3 rings (SSSR count). The van der Waals surface area contributed by atoms with E-state index >= 15 is 0 Å². The van der Waals surface area contributed by atoms with E-state index < -0.39 is 0 Å². The summed E-state index contributed by atoms with van der Waals surface area (Å²) in [5.41, 5.74) is 1.32. The molecule has 0 fully saturated rings. The number of hydrogen-bond acceptors (Lipinski definition) is 4. The molecule has 0 aliphatic heterocycles. The minimum absolute atomic E-state index is 0.143. The Balaban J connectivity index is 2.26. The lowest BCUT2D eigenvalue weighted by Crippen LogP contribution is -1.95. The SMILES string of the molecule is OCc1cn(-c2cccc3c(O)cccc23)nn1. The summed E-state index contributed by atoms with van der Waals surface area (Å²) in [6.07, 6.45) is 1.67. The first-order valence-electron chi connectivity index (χ1n) is 5.53. The first kappa shape index (κ1) is 10.7. The molecule has 0 bridgehead atoms. The summed E-state index contributed by atoms with van der Waals surface area (Å²) in [4.78, 5) is 0. The summed E-state index contributed by atoms with van der Waals surface area (Å²) < 4.78 is 1.59. The second kappa shape index (κ2) is 4.12. The number of hydrogen-bond donors (Lipinski definition) is 2. The van der Waals surface area contributed by atoms with Crippen LogP contribution in [0.5, 0.6) is 5.75 Å². The lowest BCUT2D eigenvalue weighted by molar-refractivity contribution is 0.276. The van der Waals surface area contributed by atoms with Gasteiger partial charge in [0.15, 0.2) is 0 Å². The van der Waals surface area contributed by atoms with Crippen molar-refractivity contribution in [2.24, 2.45) is 0 Å². The Morgan fingerprint density at radius 1 is 1.06 bits per heavy atom. The zero-order chi connectivity index (χ0) is 12.5. The van der Waals surface area contributed by atoms with Crippen molar-refractivity contribution in [3.63, 3.8) is 0 Å². The fourth-order valence-electron chi connectivity index (χ4n) is 1.97. The van der Waals surface area contributed by atoms with Crippen molar-refractivity contribution in [3.8, 4) is 11.4 Å². The topological polar surface area (TPSA) is 71.2 Å². The molecule has 3 aromatic rings. The third kappa shape index (κ3) is 1.61. The van der Waals surface area contributed by atoms with Crippen molar-refractivity contribution in [1.82, 2.24) is 15.0 Å². The average molecular weight is 241 g/mol. The Labute approximate surface area is 103 Å². The van der Waals surface area contributed by atoms with Gasteiger partial charge in [-0.1, -0.05) is 29.5 Å². The van der Waals surface area contributed by atoms with Gasteiger partial charge in [0.2, 0.25) is 0 Å². The van der Waals surface area contributed by atoms with Crippen LogP contribution in [0.25, 0.3) is 16.5 Å². The van der Waals surface area contributed by atoms with Crippen molar-refractivity contribution in [2.75, 3.05) is 0 Å². The van der Waals surface area contributed by atoms with E-state index in [9.17, 15) is 5.11 Å². The number of aromatic nitrogens is 3. The van der Waals surface area contributed by atoms with Gasteiger partial charge in [-0.25, -0.2) is 4.68 Å². The molecule has 0 unspecified atom stereocenters. The minimum atomic E-state index is -0.143. The predicted octanol–water partition coefficient (Wildman–Crippen LogP) is 1.62. The molecule has 5 nitrogen and oxygen atoms in total. The molecule has 0 saturated carbocycles. The number of phenols is 1. The van der Waals surface area contributed by atoms with Gasteiger partial charge in [0, 0.05) is 10.8 Å². The van der Waals surface area contributed by atoms with Crippen LogP contribution in [0.3, 0.4) is 0 Å². The van der Waals surface area contributed by atoms with Gasteiger partial charge in [0.1, 0.15) is 11.4 Å². The number of rotatable bonds is 2. The molecule has 90 valence electrons. The third-order valence-corrected chi connectivity index (χ3v) is 2.83. The maximum Gasteiger partial charge on any atom is 0.123 e. The van der Waals surface area contributed by atoms with Crippen LogP contribution < -0.4 is 0 Å². The Kier molecular flexibility index (Phi) is 2.46. The van der Waals surface area contributed by atoms with Gasteiger partial charge < -0.3 is 10.2 Å². The minimum Gasteiger partial charge on any atom is -0.507 e. The number of phenolic OH excluding ortho intramolecular Hbond substituents is 1. The van der Waals surface area contributed by atoms with Crippen molar-refractivity contribution in [2.45, 2.75) is 6.61 Å². The maximum atomic E-state index is 9.81. The fourth-order valence-corrected chi connectivity index (χ4v) is 1.97. The van der Waals surface area contributed by atoms with Crippen LogP contribution in [0, 0.1) is 0 Å². The first-order valence-corrected chi connectivity index (χ1v) is 5.53. The van der Waals surface area contributed by atoms with Gasteiger partial charge >= 0.3 is 0 Å². The molecule has 5 heteroatoms. The van der Waals surface area contributed by atoms with Gasteiger partial charge in [0.05, 0.1) is 18.5 Å². The highest BCUT2D eigenvalue weighted by Crippen LogP contribution is 2.28. The number of nitrogens with zero attached hydrogens (tertiary/aromatic N) is 3. The van der Waals surface area contributed by atoms with Gasteiger partial charge in [-0.15, -0.1) is 5.10 Å². The quantitative estimate of drug-likeness (QED) is 0.715. The smallest absolute Gasteiger partial charge is 0.123 e. The highest BCUT2D eigenvalue weighted by atomic mass is 16.3. The van der Waals surface area contributed by atoms with Crippen LogP contribution in [-0.2, 0) is 6.61 Å². The number of aromatic hydroxyl groups is 1. The maximum absolute atomic E-state index is 9.81. The van der Waals surface area contributed by atoms with E-state index in [1.807, 2.05) is 24.3 Å². The molecule has 0 atom stereocenters. The molecule has 0 saturated heterocycles. The van der Waals surface area contributed by atoms with Gasteiger partial charge in [-0.3, -0.25) is 0 Å². The van der Waals surface area contributed by atoms with E-state index in [2.05, 4.69) is 10.3 Å². The largest absolute Gasteiger partial charge is 0.507 e. The van der Waals surface area contributed by atoms with Gasteiger partial charge in [-0.05, 0) is 12.1 Å². The molecule has 2 aromatic carbocycles. The van der Waals surface area contributed by atoms with E-state index in [1.54, 1.807) is 23.0 Å². The van der Waals surface area contributed by atoms with Gasteiger partial charge in [-0.2, -0.15) is 0 Å². The Morgan fingerprint density at radius 2 is 1.83 bits per heavy atom. The summed E-state index contributed by atoms with van der Waals surface area (Å²) in [7, 11) is 0. The molecule has 0 aliphatic rings. The second-order valence-electron chi connectivity index (χ2n) is 3.96. The lowest BCUT2D eigenvalue weighted by atomic mass is 10.1. The zero-order valence-electron chi connectivity index (χ0n) is 9.48. The summed E-state index contributed by atoms with van der Waals surface area (Å²) in [5.74, 6) is 0.233. The molecular formula is C13H11N3O2. The number of benzene rings is 2. The highest BCUT2D eigenvalue weighted by Gasteiger charge is 2.07. The summed E-state index contributed by atoms with van der Waals surface area (Å²) >= 11 is 0. The summed E-state index contributed by atoms with van der Waals surface area (Å²) in [5, 5.41) is 28.3. The zero-order valence-corrected chi connectivity index (χ0v) is 9.48. The van der Waals surface area contributed by atoms with E-state index in [4.69, 9.17) is 5.11 Å². The molecular weight excluding hydrogens is 230 g/mol. The Morgan fingerprint density at radius 3 is 2.61 bits per heavy atom. The van der Waals surface area contributed by atoms with Gasteiger partial charge in [0.25, 0.3) is 0 Å². The number of aliphatic hydroxyl groups is 1. The summed E-state index contributed by atoms with van der Waals surface area (Å²) in [6.45, 7) is -0.143. The normalized spacial score (nSPS) is 10.9. The van der Waals surface area contributed by atoms with E-state index in [0.29, 0.717) is 5.69 Å². The van der Waals surface area contributed by atoms with E-state index in [0.717, 1.165) is 16.5 Å². The standard InChI is InChI=1S/C13H11N3O2/c17-8-9-7-16(15-14-9)12-5-1-4-11-10(12)3-2-6-13(11)18/h1-7,17-18H,8H2. The molecule has 1 aromatic heterocycles. The second-order valence-corrected chi connectivity index (χ2v) is 3.96. The van der Waals surface area contributed by atoms with Crippen molar-refractivity contribution in [1.29, 1.82) is 0 Å². The van der Waals surface area contributed by atoms with Crippen molar-refractivity contribution >= 4 is 10.8 Å². The van der Waals surface area contributed by atoms with Crippen molar-refractivity contribution < 1.29 is 10.2 Å². The van der Waals surface area contributed by atoms with E-state index in [-0.39, 0.29) is 12.4 Å². The number of fused-ring (bicyclic) bond motifs is 1. The molecule has 0 radical (unpaired) electrons. The third-order valence-electron chi connectivity index (χ3n) is 2.83. The lowest BCUT2D eigenvalue weighted by Gasteiger charge is -2.06. The molecule has 1 heterocycles. The first-order chi connectivity index (χ1) is 8.79. The van der Waals surface area contributed by atoms with Crippen molar-refractivity contribution in [3.05, 3.63) is 48.3 Å². The molecule has 0 aliphatic carbocycles. The molecule has 0 spiro atoms. The monoisotopic (exact) mass is 241 g/mol. The van der Waals surface area contributed by atoms with Crippen LogP contribution in [0.4, 0.5) is 0 Å². The molecule has 0 amide bonds. The fraction of sp³-hybridized carbons (Fsp3) is 0.0769. The molecule has 2 N–H and O–H groups in total. The van der Waals surface area contributed by atoms with Crippen LogP contribution in [0.2, 0.25) is 0 Å². The Hall–Kier alpha value is -2.40. The van der Waals surface area contributed by atoms with Crippen LogP contribution in [-0.4, -0.2) is 25.2 Å². The predicted molar refractivity (Wildman–Crippen MR) is 66.5 cm³/mol. The van der Waals surface area contributed by atoms with Crippen LogP contribution >= 0.6 is 0 Å². The Bertz CT molecular complexity index is 706. The average Bonchev–Trinajstić information content (AvgIpc) is 2.87. The van der Waals surface area contributed by atoms with E-state index in [1.165, 1.54) is 0 Å². The van der Waals surface area contributed by atoms with Crippen LogP contribution in [0.15, 0.2) is 42.6 Å². The number of aliphatic hydroxyl groups excluding tert-OH is 1. The summed E-state index contributed by atoms with van der Waals surface area (Å²) in [6, 6.07) is 10.9. The molecule has 18 heavy (non-hydrogen) atoms.